The van der Waals surface area contributed by atoms with Crippen molar-refractivity contribution in [3.63, 3.8) is 0 Å². The van der Waals surface area contributed by atoms with E-state index in [1.165, 1.54) is 6.42 Å². The molecule has 2 nitrogen and oxygen atoms in total. The molecule has 0 radical (unpaired) electrons. The second-order valence-electron chi connectivity index (χ2n) is 4.36. The van der Waals surface area contributed by atoms with Gasteiger partial charge in [-0.3, -0.25) is 4.79 Å². The van der Waals surface area contributed by atoms with Crippen molar-refractivity contribution >= 4 is 21.8 Å². The fourth-order valence-electron chi connectivity index (χ4n) is 1.47. The van der Waals surface area contributed by atoms with Crippen LogP contribution >= 0.6 is 15.9 Å². The van der Waals surface area contributed by atoms with Crippen LogP contribution < -0.4 is 5.32 Å². The zero-order valence-electron chi connectivity index (χ0n) is 10.2. The van der Waals surface area contributed by atoms with Crippen LogP contribution in [0.3, 0.4) is 0 Å². The van der Waals surface area contributed by atoms with E-state index >= 15 is 0 Å². The van der Waals surface area contributed by atoms with Crippen LogP contribution in [0, 0.1) is 0 Å². The molecule has 1 amide bonds. The van der Waals surface area contributed by atoms with Gasteiger partial charge < -0.3 is 5.32 Å². The van der Waals surface area contributed by atoms with Gasteiger partial charge in [0.25, 0.3) is 0 Å². The van der Waals surface area contributed by atoms with Gasteiger partial charge in [-0.05, 0) is 26.2 Å². The number of carbonyl (C=O) groups excluding carboxylic acids is 1. The lowest BCUT2D eigenvalue weighted by Crippen LogP contribution is -2.45. The first-order valence-corrected chi connectivity index (χ1v) is 7.07. The molecule has 3 heteroatoms. The Morgan fingerprint density at radius 2 is 2.00 bits per heavy atom. The highest BCUT2D eigenvalue weighted by Crippen LogP contribution is 2.16. The molecule has 0 aliphatic carbocycles. The number of amides is 1. The van der Waals surface area contributed by atoms with Crippen molar-refractivity contribution in [2.24, 2.45) is 0 Å². The van der Waals surface area contributed by atoms with Gasteiger partial charge in [0.1, 0.15) is 0 Å². The van der Waals surface area contributed by atoms with Gasteiger partial charge in [0.2, 0.25) is 5.91 Å². The number of nitrogens with one attached hydrogen (secondary N) is 1. The summed E-state index contributed by atoms with van der Waals surface area (Å²) in [7, 11) is 0. The molecule has 0 aromatic heterocycles. The van der Waals surface area contributed by atoms with Gasteiger partial charge in [0, 0.05) is 17.3 Å². The average molecular weight is 278 g/mol. The molecule has 0 heterocycles. The molecule has 1 N–H and O–H groups in total. The molecule has 0 aromatic rings. The van der Waals surface area contributed by atoms with E-state index in [1.54, 1.807) is 0 Å². The van der Waals surface area contributed by atoms with E-state index in [9.17, 15) is 4.79 Å². The Bertz CT molecular complexity index is 184. The normalized spacial score (nSPS) is 14.7. The molecule has 0 aromatic carbocycles. The maximum atomic E-state index is 11.6. The van der Waals surface area contributed by atoms with Gasteiger partial charge in [-0.15, -0.1) is 0 Å². The molecule has 0 fully saturated rings. The Morgan fingerprint density at radius 1 is 1.33 bits per heavy atom. The minimum absolute atomic E-state index is 0.0349. The Morgan fingerprint density at radius 3 is 2.47 bits per heavy atom. The summed E-state index contributed by atoms with van der Waals surface area (Å²) in [6, 6.07) is 0. The highest BCUT2D eigenvalue weighted by Gasteiger charge is 2.22. The van der Waals surface area contributed by atoms with Crippen molar-refractivity contribution in [1.82, 2.24) is 5.32 Å². The summed E-state index contributed by atoms with van der Waals surface area (Å²) in [5.41, 5.74) is -0.0349. The van der Waals surface area contributed by atoms with Gasteiger partial charge in [-0.2, -0.15) is 0 Å². The smallest absolute Gasteiger partial charge is 0.220 e. The van der Waals surface area contributed by atoms with Crippen LogP contribution in [0.25, 0.3) is 0 Å². The van der Waals surface area contributed by atoms with Crippen molar-refractivity contribution in [1.29, 1.82) is 0 Å². The first-order chi connectivity index (χ1) is 7.08. The minimum atomic E-state index is -0.0349. The van der Waals surface area contributed by atoms with Crippen molar-refractivity contribution < 1.29 is 4.79 Å². The third kappa shape index (κ3) is 6.93. The van der Waals surface area contributed by atoms with Crippen molar-refractivity contribution in [2.75, 3.05) is 5.33 Å². The highest BCUT2D eigenvalue weighted by molar-refractivity contribution is 9.09. The molecule has 0 spiro atoms. The zero-order chi connectivity index (χ0) is 11.7. The maximum Gasteiger partial charge on any atom is 0.220 e. The monoisotopic (exact) mass is 277 g/mol. The summed E-state index contributed by atoms with van der Waals surface area (Å²) < 4.78 is 0. The number of rotatable bonds is 8. The van der Waals surface area contributed by atoms with Crippen LogP contribution in [0.4, 0.5) is 0 Å². The third-order valence-corrected chi connectivity index (χ3v) is 3.27. The van der Waals surface area contributed by atoms with Crippen molar-refractivity contribution in [2.45, 2.75) is 64.8 Å². The van der Waals surface area contributed by atoms with Crippen LogP contribution in [0.1, 0.15) is 59.3 Å². The molecule has 0 saturated carbocycles. The van der Waals surface area contributed by atoms with Crippen LogP contribution in [-0.4, -0.2) is 16.8 Å². The first-order valence-electron chi connectivity index (χ1n) is 5.95. The summed E-state index contributed by atoms with van der Waals surface area (Å²) in [5, 5.41) is 4.07. The van der Waals surface area contributed by atoms with Gasteiger partial charge in [0.05, 0.1) is 0 Å². The Hall–Kier alpha value is -0.0500. The van der Waals surface area contributed by atoms with Gasteiger partial charge in [-0.25, -0.2) is 0 Å². The summed E-state index contributed by atoms with van der Waals surface area (Å²) in [6.07, 6.45) is 5.97. The highest BCUT2D eigenvalue weighted by atomic mass is 79.9. The summed E-state index contributed by atoms with van der Waals surface area (Å²) in [6.45, 7) is 6.39. The average Bonchev–Trinajstić information content (AvgIpc) is 2.18. The van der Waals surface area contributed by atoms with Crippen molar-refractivity contribution in [3.8, 4) is 0 Å². The van der Waals surface area contributed by atoms with E-state index in [0.29, 0.717) is 6.42 Å². The molecule has 1 unspecified atom stereocenters. The predicted molar refractivity (Wildman–Crippen MR) is 69.4 cm³/mol. The second-order valence-corrected chi connectivity index (χ2v) is 5.15. The topological polar surface area (TPSA) is 29.1 Å². The molecule has 15 heavy (non-hydrogen) atoms. The Kier molecular flexibility index (Phi) is 8.12. The van der Waals surface area contributed by atoms with E-state index < -0.39 is 0 Å². The SMILES string of the molecule is CCCCCC(=O)NC(C)(CC)CCBr. The van der Waals surface area contributed by atoms with E-state index in [1.807, 2.05) is 0 Å². The third-order valence-electron chi connectivity index (χ3n) is 2.88. The van der Waals surface area contributed by atoms with E-state index in [2.05, 4.69) is 42.0 Å². The largest absolute Gasteiger partial charge is 0.351 e. The molecule has 0 rings (SSSR count). The lowest BCUT2D eigenvalue weighted by molar-refractivity contribution is -0.123. The first kappa shape index (κ1) is 14.9. The molecule has 0 aliphatic heterocycles. The molecule has 0 aliphatic rings. The van der Waals surface area contributed by atoms with E-state index in [0.717, 1.165) is 31.0 Å². The number of unbranched alkanes of at least 4 members (excludes halogenated alkanes) is 2. The van der Waals surface area contributed by atoms with Crippen LogP contribution in [0.15, 0.2) is 0 Å². The van der Waals surface area contributed by atoms with Crippen molar-refractivity contribution in [3.05, 3.63) is 0 Å². The molecule has 0 saturated heterocycles. The van der Waals surface area contributed by atoms with Gasteiger partial charge >= 0.3 is 0 Å². The second kappa shape index (κ2) is 8.14. The fraction of sp³-hybridized carbons (Fsp3) is 0.917. The summed E-state index contributed by atoms with van der Waals surface area (Å²) in [4.78, 5) is 11.6. The number of alkyl halides is 1. The molecular weight excluding hydrogens is 254 g/mol. The van der Waals surface area contributed by atoms with E-state index in [4.69, 9.17) is 0 Å². The standard InChI is InChI=1S/C12H24BrNO/c1-4-6-7-8-11(15)14-12(3,5-2)9-10-13/h4-10H2,1-3H3,(H,14,15). The van der Waals surface area contributed by atoms with Crippen LogP contribution in [0.2, 0.25) is 0 Å². The molecule has 1 atom stereocenters. The van der Waals surface area contributed by atoms with Crippen LogP contribution in [0.5, 0.6) is 0 Å². The maximum absolute atomic E-state index is 11.6. The predicted octanol–water partition coefficient (Wildman–Crippen LogP) is 3.64. The Labute approximate surface area is 102 Å². The number of hydrogen-bond acceptors (Lipinski definition) is 1. The minimum Gasteiger partial charge on any atom is -0.351 e. The fourth-order valence-corrected chi connectivity index (χ4v) is 2.35. The Balaban J connectivity index is 3.90. The number of hydrogen-bond donors (Lipinski definition) is 1. The quantitative estimate of drug-likeness (QED) is 0.533. The summed E-state index contributed by atoms with van der Waals surface area (Å²) in [5.74, 6) is 0.203. The van der Waals surface area contributed by atoms with Gasteiger partial charge in [-0.1, -0.05) is 42.6 Å². The molecule has 90 valence electrons. The van der Waals surface area contributed by atoms with Gasteiger partial charge in [0.15, 0.2) is 0 Å². The van der Waals surface area contributed by atoms with E-state index in [-0.39, 0.29) is 11.4 Å². The lowest BCUT2D eigenvalue weighted by atomic mass is 9.95. The zero-order valence-corrected chi connectivity index (χ0v) is 11.8. The number of carbonyl (C=O) groups is 1. The molecule has 0 bridgehead atoms. The molecular formula is C12H24BrNO. The summed E-state index contributed by atoms with van der Waals surface area (Å²) >= 11 is 3.43. The lowest BCUT2D eigenvalue weighted by Gasteiger charge is -2.29. The number of halogens is 1. The van der Waals surface area contributed by atoms with Crippen LogP contribution in [-0.2, 0) is 4.79 Å².